The third-order valence-electron chi connectivity index (χ3n) is 2.27. The van der Waals surface area contributed by atoms with Gasteiger partial charge >= 0.3 is 5.97 Å². The maximum atomic E-state index is 11.1. The third-order valence-corrected chi connectivity index (χ3v) is 2.27. The fourth-order valence-corrected chi connectivity index (χ4v) is 1.43. The molecule has 0 atom stereocenters. The lowest BCUT2D eigenvalue weighted by Crippen LogP contribution is -1.98. The molecular formula is C13H19NO2. The van der Waals surface area contributed by atoms with Crippen LogP contribution in [-0.2, 0) is 16.0 Å². The Balaban J connectivity index is 2.48. The summed E-state index contributed by atoms with van der Waals surface area (Å²) in [4.78, 5) is 14.2. The number of aromatic amines is 1. The fourth-order valence-electron chi connectivity index (χ4n) is 1.43. The standard InChI is InChI=1S/C13H19NO2/c1-3-5-6-11-9-12(14-10-11)7-8-13(15)16-4-2/h7-10,14H,3-6H2,1-2H3. The van der Waals surface area contributed by atoms with Gasteiger partial charge in [0.25, 0.3) is 0 Å². The minimum atomic E-state index is -0.299. The summed E-state index contributed by atoms with van der Waals surface area (Å²) >= 11 is 0. The van der Waals surface area contributed by atoms with E-state index in [1.807, 2.05) is 6.20 Å². The summed E-state index contributed by atoms with van der Waals surface area (Å²) in [5.74, 6) is -0.299. The molecule has 0 radical (unpaired) electrons. The minimum absolute atomic E-state index is 0.299. The summed E-state index contributed by atoms with van der Waals surface area (Å²) in [5, 5.41) is 0. The van der Waals surface area contributed by atoms with E-state index < -0.39 is 0 Å². The van der Waals surface area contributed by atoms with Crippen LogP contribution < -0.4 is 0 Å². The second-order valence-electron chi connectivity index (χ2n) is 3.65. The molecule has 1 aromatic rings. The van der Waals surface area contributed by atoms with Crippen LogP contribution in [0.4, 0.5) is 0 Å². The lowest BCUT2D eigenvalue weighted by Gasteiger charge is -1.93. The normalized spacial score (nSPS) is 10.9. The van der Waals surface area contributed by atoms with Gasteiger partial charge in [0.05, 0.1) is 6.61 Å². The molecule has 0 saturated carbocycles. The Hall–Kier alpha value is -1.51. The van der Waals surface area contributed by atoms with Crippen LogP contribution in [-0.4, -0.2) is 17.6 Å². The van der Waals surface area contributed by atoms with E-state index in [1.165, 1.54) is 24.5 Å². The van der Waals surface area contributed by atoms with Crippen molar-refractivity contribution in [1.29, 1.82) is 0 Å². The molecule has 0 spiro atoms. The Kier molecular flexibility index (Phi) is 5.40. The monoisotopic (exact) mass is 221 g/mol. The Labute approximate surface area is 96.5 Å². The second kappa shape index (κ2) is 6.88. The van der Waals surface area contributed by atoms with Gasteiger partial charge < -0.3 is 9.72 Å². The van der Waals surface area contributed by atoms with Crippen molar-refractivity contribution in [3.63, 3.8) is 0 Å². The van der Waals surface area contributed by atoms with Crippen molar-refractivity contribution in [2.75, 3.05) is 6.61 Å². The third kappa shape index (κ3) is 4.34. The van der Waals surface area contributed by atoms with Gasteiger partial charge in [-0.15, -0.1) is 0 Å². The van der Waals surface area contributed by atoms with Gasteiger partial charge in [0.15, 0.2) is 0 Å². The van der Waals surface area contributed by atoms with Gasteiger partial charge in [0.1, 0.15) is 0 Å². The van der Waals surface area contributed by atoms with E-state index in [4.69, 9.17) is 4.74 Å². The highest BCUT2D eigenvalue weighted by molar-refractivity contribution is 5.86. The first-order chi connectivity index (χ1) is 7.76. The molecule has 0 aliphatic heterocycles. The van der Waals surface area contributed by atoms with Crippen LogP contribution in [0.2, 0.25) is 0 Å². The molecule has 0 bridgehead atoms. The molecule has 0 aromatic carbocycles. The zero-order chi connectivity index (χ0) is 11.8. The predicted octanol–water partition coefficient (Wildman–Crippen LogP) is 2.93. The molecule has 0 aliphatic carbocycles. The number of ether oxygens (including phenoxy) is 1. The highest BCUT2D eigenvalue weighted by Gasteiger charge is 1.97. The molecule has 88 valence electrons. The average molecular weight is 221 g/mol. The van der Waals surface area contributed by atoms with Crippen LogP contribution in [0.1, 0.15) is 37.9 Å². The Morgan fingerprint density at radius 3 is 3.00 bits per heavy atom. The molecule has 0 unspecified atom stereocenters. The number of hydrogen-bond donors (Lipinski definition) is 1. The molecule has 3 heteroatoms. The molecule has 1 heterocycles. The smallest absolute Gasteiger partial charge is 0.330 e. The lowest BCUT2D eigenvalue weighted by atomic mass is 10.1. The number of H-pyrrole nitrogens is 1. The summed E-state index contributed by atoms with van der Waals surface area (Å²) < 4.78 is 4.80. The van der Waals surface area contributed by atoms with Crippen molar-refractivity contribution in [3.8, 4) is 0 Å². The zero-order valence-electron chi connectivity index (χ0n) is 9.95. The van der Waals surface area contributed by atoms with E-state index in [2.05, 4.69) is 18.0 Å². The van der Waals surface area contributed by atoms with Crippen LogP contribution in [0.3, 0.4) is 0 Å². The number of nitrogens with one attached hydrogen (secondary N) is 1. The number of esters is 1. The first kappa shape index (κ1) is 12.6. The van der Waals surface area contributed by atoms with Crippen molar-refractivity contribution in [3.05, 3.63) is 29.6 Å². The highest BCUT2D eigenvalue weighted by Crippen LogP contribution is 2.08. The topological polar surface area (TPSA) is 42.1 Å². The second-order valence-corrected chi connectivity index (χ2v) is 3.65. The van der Waals surface area contributed by atoms with Crippen molar-refractivity contribution >= 4 is 12.0 Å². The Bertz CT molecular complexity index is 353. The van der Waals surface area contributed by atoms with Gasteiger partial charge in [-0.3, -0.25) is 0 Å². The highest BCUT2D eigenvalue weighted by atomic mass is 16.5. The van der Waals surface area contributed by atoms with Gasteiger partial charge in [-0.05, 0) is 37.5 Å². The number of aromatic nitrogens is 1. The molecule has 0 amide bonds. The molecule has 3 nitrogen and oxygen atoms in total. The van der Waals surface area contributed by atoms with Crippen molar-refractivity contribution < 1.29 is 9.53 Å². The average Bonchev–Trinajstić information content (AvgIpc) is 2.72. The van der Waals surface area contributed by atoms with Gasteiger partial charge in [0.2, 0.25) is 0 Å². The predicted molar refractivity (Wildman–Crippen MR) is 65.1 cm³/mol. The van der Waals surface area contributed by atoms with E-state index in [-0.39, 0.29) is 5.97 Å². The van der Waals surface area contributed by atoms with Crippen molar-refractivity contribution in [1.82, 2.24) is 4.98 Å². The van der Waals surface area contributed by atoms with E-state index in [9.17, 15) is 4.79 Å². The first-order valence-electron chi connectivity index (χ1n) is 5.78. The van der Waals surface area contributed by atoms with Gasteiger partial charge in [0, 0.05) is 18.0 Å². The molecular weight excluding hydrogens is 202 g/mol. The number of carbonyl (C=O) groups is 1. The molecule has 1 rings (SSSR count). The summed E-state index contributed by atoms with van der Waals surface area (Å²) in [6, 6.07) is 2.06. The molecule has 1 N–H and O–H groups in total. The van der Waals surface area contributed by atoms with Gasteiger partial charge in [-0.2, -0.15) is 0 Å². The summed E-state index contributed by atoms with van der Waals surface area (Å²) in [6.07, 6.45) is 8.64. The number of unbranched alkanes of at least 4 members (excludes halogenated alkanes) is 1. The van der Waals surface area contributed by atoms with E-state index >= 15 is 0 Å². The van der Waals surface area contributed by atoms with E-state index in [0.29, 0.717) is 6.61 Å². The molecule has 0 fully saturated rings. The first-order valence-corrected chi connectivity index (χ1v) is 5.78. The number of carbonyl (C=O) groups excluding carboxylic acids is 1. The van der Waals surface area contributed by atoms with Crippen LogP contribution in [0, 0.1) is 0 Å². The van der Waals surface area contributed by atoms with Crippen molar-refractivity contribution in [2.24, 2.45) is 0 Å². The molecule has 0 saturated heterocycles. The minimum Gasteiger partial charge on any atom is -0.463 e. The van der Waals surface area contributed by atoms with E-state index in [0.717, 1.165) is 12.1 Å². The van der Waals surface area contributed by atoms with Crippen LogP contribution in [0.5, 0.6) is 0 Å². The summed E-state index contributed by atoms with van der Waals surface area (Å²) in [5.41, 5.74) is 2.23. The van der Waals surface area contributed by atoms with Gasteiger partial charge in [-0.25, -0.2) is 4.79 Å². The number of hydrogen-bond acceptors (Lipinski definition) is 2. The zero-order valence-corrected chi connectivity index (χ0v) is 9.95. The summed E-state index contributed by atoms with van der Waals surface area (Å²) in [6.45, 7) is 4.38. The van der Waals surface area contributed by atoms with Gasteiger partial charge in [-0.1, -0.05) is 13.3 Å². The maximum absolute atomic E-state index is 11.1. The van der Waals surface area contributed by atoms with Crippen molar-refractivity contribution in [2.45, 2.75) is 33.1 Å². The fraction of sp³-hybridized carbons (Fsp3) is 0.462. The van der Waals surface area contributed by atoms with Crippen LogP contribution >= 0.6 is 0 Å². The van der Waals surface area contributed by atoms with Crippen LogP contribution in [0.15, 0.2) is 18.3 Å². The SMILES string of the molecule is CCCCc1c[nH]c(C=CC(=O)OCC)c1. The quantitative estimate of drug-likeness (QED) is 0.592. The van der Waals surface area contributed by atoms with Crippen LogP contribution in [0.25, 0.3) is 6.08 Å². The Morgan fingerprint density at radius 2 is 2.31 bits per heavy atom. The molecule has 0 aliphatic rings. The maximum Gasteiger partial charge on any atom is 0.330 e. The number of aryl methyl sites for hydroxylation is 1. The van der Waals surface area contributed by atoms with E-state index in [1.54, 1.807) is 13.0 Å². The summed E-state index contributed by atoms with van der Waals surface area (Å²) in [7, 11) is 0. The largest absolute Gasteiger partial charge is 0.463 e. The Morgan fingerprint density at radius 1 is 1.50 bits per heavy atom. The number of rotatable bonds is 6. The molecule has 16 heavy (non-hydrogen) atoms. The molecule has 1 aromatic heterocycles. The lowest BCUT2D eigenvalue weighted by molar-refractivity contribution is -0.137.